The molecule has 1 aliphatic carbocycles. The third-order valence-corrected chi connectivity index (χ3v) is 6.03. The predicted octanol–water partition coefficient (Wildman–Crippen LogP) is 4.89. The van der Waals surface area contributed by atoms with Gasteiger partial charge in [0.05, 0.1) is 13.2 Å². The molecule has 4 nitrogen and oxygen atoms in total. The lowest BCUT2D eigenvalue weighted by Gasteiger charge is -2.33. The molecule has 0 bridgehead atoms. The van der Waals surface area contributed by atoms with Gasteiger partial charge in [-0.25, -0.2) is 0 Å². The van der Waals surface area contributed by atoms with E-state index in [1.165, 1.54) is 0 Å². The Morgan fingerprint density at radius 1 is 0.880 bits per heavy atom. The van der Waals surface area contributed by atoms with Crippen LogP contribution >= 0.6 is 7.60 Å². The molecule has 5 heteroatoms. The summed E-state index contributed by atoms with van der Waals surface area (Å²) < 4.78 is 24.3. The van der Waals surface area contributed by atoms with Gasteiger partial charge in [-0.2, -0.15) is 0 Å². The highest BCUT2D eigenvalue weighted by Crippen LogP contribution is 2.57. The molecule has 0 amide bonds. The summed E-state index contributed by atoms with van der Waals surface area (Å²) >= 11 is 0. The quantitative estimate of drug-likeness (QED) is 0.584. The van der Waals surface area contributed by atoms with Crippen molar-refractivity contribution >= 4 is 19.0 Å². The maximum Gasteiger partial charge on any atom is 0.354 e. The molecule has 2 aromatic carbocycles. The summed E-state index contributed by atoms with van der Waals surface area (Å²) in [5.74, 6) is 1.56. The lowest BCUT2D eigenvalue weighted by Crippen LogP contribution is -2.29. The zero-order valence-electron chi connectivity index (χ0n) is 14.2. The van der Waals surface area contributed by atoms with E-state index in [2.05, 4.69) is 0 Å². The fourth-order valence-electron chi connectivity index (χ4n) is 3.10. The van der Waals surface area contributed by atoms with E-state index >= 15 is 0 Å². The first-order valence-electron chi connectivity index (χ1n) is 8.24. The van der Waals surface area contributed by atoms with Crippen LogP contribution in [0, 0.1) is 5.41 Å². The van der Waals surface area contributed by atoms with Gasteiger partial charge in [-0.05, 0) is 16.7 Å². The molecule has 0 aromatic heterocycles. The minimum atomic E-state index is -3.37. The van der Waals surface area contributed by atoms with E-state index < -0.39 is 7.60 Å². The molecular weight excluding hydrogens is 335 g/mol. The summed E-state index contributed by atoms with van der Waals surface area (Å²) in [6, 6.07) is 14.7. The van der Waals surface area contributed by atoms with Crippen molar-refractivity contribution in [3.8, 4) is 0 Å². The largest absolute Gasteiger partial charge is 0.354 e. The molecule has 0 atom stereocenters. The Kier molecular flexibility index (Phi) is 3.80. The number of rotatable bonds is 1. The Balaban J connectivity index is 1.87. The second kappa shape index (κ2) is 5.77. The molecule has 4 rings (SSSR count). The number of hydrogen-bond donors (Lipinski definition) is 0. The molecule has 1 heterocycles. The normalized spacial score (nSPS) is 20.6. The first kappa shape index (κ1) is 16.5. The van der Waals surface area contributed by atoms with Gasteiger partial charge in [-0.1, -0.05) is 62.4 Å². The Morgan fingerprint density at radius 2 is 1.32 bits per heavy atom. The fraction of sp³-hybridized carbons (Fsp3) is 0.250. The minimum absolute atomic E-state index is 0.0201. The number of carbonyl (C=O) groups is 1. The van der Waals surface area contributed by atoms with Gasteiger partial charge in [0.2, 0.25) is 0 Å². The van der Waals surface area contributed by atoms with Gasteiger partial charge in [0.25, 0.3) is 0 Å². The van der Waals surface area contributed by atoms with Gasteiger partial charge < -0.3 is 9.05 Å². The maximum absolute atomic E-state index is 13.1. The van der Waals surface area contributed by atoms with Crippen LogP contribution in [0.4, 0.5) is 0 Å². The van der Waals surface area contributed by atoms with E-state index in [1.807, 2.05) is 50.2 Å². The van der Waals surface area contributed by atoms with E-state index in [0.29, 0.717) is 24.3 Å². The zero-order valence-corrected chi connectivity index (χ0v) is 15.1. The van der Waals surface area contributed by atoms with Crippen molar-refractivity contribution in [1.82, 2.24) is 0 Å². The van der Waals surface area contributed by atoms with Crippen molar-refractivity contribution in [3.05, 3.63) is 76.6 Å². The van der Waals surface area contributed by atoms with Crippen LogP contribution < -0.4 is 0 Å². The lowest BCUT2D eigenvalue weighted by molar-refractivity contribution is 0.0458. The van der Waals surface area contributed by atoms with Crippen molar-refractivity contribution in [1.29, 1.82) is 0 Å². The van der Waals surface area contributed by atoms with Crippen molar-refractivity contribution < 1.29 is 18.4 Å². The van der Waals surface area contributed by atoms with E-state index in [1.54, 1.807) is 17.9 Å². The first-order valence-corrected chi connectivity index (χ1v) is 9.85. The van der Waals surface area contributed by atoms with Gasteiger partial charge in [-0.15, -0.1) is 0 Å². The molecule has 0 radical (unpaired) electrons. The van der Waals surface area contributed by atoms with Crippen LogP contribution in [0.2, 0.25) is 0 Å². The average Bonchev–Trinajstić information content (AvgIpc) is 2.62. The highest BCUT2D eigenvalue weighted by atomic mass is 31.2. The molecule has 1 saturated heterocycles. The van der Waals surface area contributed by atoms with E-state index in [9.17, 15) is 9.36 Å². The van der Waals surface area contributed by atoms with Gasteiger partial charge in [-0.3, -0.25) is 9.36 Å². The lowest BCUT2D eigenvalue weighted by atomic mass is 9.82. The Morgan fingerprint density at radius 3 is 1.80 bits per heavy atom. The first-order chi connectivity index (χ1) is 11.9. The molecule has 1 fully saturated rings. The maximum atomic E-state index is 13.1. The van der Waals surface area contributed by atoms with Crippen molar-refractivity contribution in [3.63, 3.8) is 0 Å². The summed E-state index contributed by atoms with van der Waals surface area (Å²) in [7, 11) is -3.37. The summed E-state index contributed by atoms with van der Waals surface area (Å²) in [5.41, 5.74) is 3.31. The second-order valence-corrected chi connectivity index (χ2v) is 9.07. The molecule has 1 aliphatic heterocycles. The fourth-order valence-corrected chi connectivity index (χ4v) is 4.98. The Bertz CT molecular complexity index is 877. The van der Waals surface area contributed by atoms with Crippen LogP contribution in [0.1, 0.15) is 40.9 Å². The van der Waals surface area contributed by atoms with Crippen LogP contribution in [0.5, 0.6) is 0 Å². The third kappa shape index (κ3) is 2.91. The Hall–Kier alpha value is -2.00. The highest BCUT2D eigenvalue weighted by Gasteiger charge is 2.37. The topological polar surface area (TPSA) is 52.6 Å². The average molecular weight is 354 g/mol. The summed E-state index contributed by atoms with van der Waals surface area (Å²) in [5, 5.41) is 0. The van der Waals surface area contributed by atoms with Gasteiger partial charge in [0.15, 0.2) is 5.78 Å². The molecule has 128 valence electrons. The van der Waals surface area contributed by atoms with Gasteiger partial charge in [0, 0.05) is 22.4 Å². The van der Waals surface area contributed by atoms with Crippen molar-refractivity contribution in [2.24, 2.45) is 5.41 Å². The predicted molar refractivity (Wildman–Crippen MR) is 96.7 cm³/mol. The monoisotopic (exact) mass is 354 g/mol. The van der Waals surface area contributed by atoms with Crippen molar-refractivity contribution in [2.75, 3.05) is 13.2 Å². The number of carbonyl (C=O) groups excluding carboxylic acids is 1. The molecular formula is C20H19O4P. The van der Waals surface area contributed by atoms with Gasteiger partial charge >= 0.3 is 7.60 Å². The SMILES string of the molecule is CC1(C)COP(=O)(C=C2c3ccccc3C(=O)c3ccccc32)OC1. The summed E-state index contributed by atoms with van der Waals surface area (Å²) in [6.07, 6.45) is 0. The molecule has 2 aliphatic rings. The zero-order chi connectivity index (χ0) is 17.7. The molecule has 25 heavy (non-hydrogen) atoms. The van der Waals surface area contributed by atoms with E-state index in [0.717, 1.165) is 16.7 Å². The molecule has 0 saturated carbocycles. The number of ketones is 1. The summed E-state index contributed by atoms with van der Waals surface area (Å²) in [6.45, 7) is 4.76. The smallest absolute Gasteiger partial charge is 0.305 e. The molecule has 0 unspecified atom stereocenters. The van der Waals surface area contributed by atoms with Crippen LogP contribution in [0.15, 0.2) is 54.3 Å². The molecule has 0 spiro atoms. The minimum Gasteiger partial charge on any atom is -0.305 e. The number of fused-ring (bicyclic) bond motifs is 2. The van der Waals surface area contributed by atoms with Crippen LogP contribution in [0.25, 0.3) is 5.57 Å². The third-order valence-electron chi connectivity index (χ3n) is 4.48. The molecule has 2 aromatic rings. The van der Waals surface area contributed by atoms with Crippen LogP contribution in [-0.4, -0.2) is 19.0 Å². The van der Waals surface area contributed by atoms with E-state index in [-0.39, 0.29) is 11.2 Å². The van der Waals surface area contributed by atoms with Crippen molar-refractivity contribution in [2.45, 2.75) is 13.8 Å². The van der Waals surface area contributed by atoms with Gasteiger partial charge in [0.1, 0.15) is 0 Å². The standard InChI is InChI=1S/C20H19O4P/c1-20(2)12-23-25(22,24-13-20)11-18-14-7-3-5-9-16(14)19(21)17-10-6-4-8-15(17)18/h3-11H,12-13H2,1-2H3. The second-order valence-electron chi connectivity index (χ2n) is 7.21. The molecule has 0 N–H and O–H groups in total. The Labute approximate surface area is 147 Å². The number of benzene rings is 2. The highest BCUT2D eigenvalue weighted by molar-refractivity contribution is 7.57. The summed E-state index contributed by atoms with van der Waals surface area (Å²) in [4.78, 5) is 12.8. The van der Waals surface area contributed by atoms with Crippen LogP contribution in [0.3, 0.4) is 0 Å². The number of hydrogen-bond acceptors (Lipinski definition) is 4. The van der Waals surface area contributed by atoms with Crippen LogP contribution in [-0.2, 0) is 13.6 Å². The van der Waals surface area contributed by atoms with E-state index in [4.69, 9.17) is 9.05 Å².